The summed E-state index contributed by atoms with van der Waals surface area (Å²) >= 11 is 0. The van der Waals surface area contributed by atoms with Crippen LogP contribution in [-0.2, 0) is 4.79 Å². The molecule has 2 aromatic rings. The predicted molar refractivity (Wildman–Crippen MR) is 111 cm³/mol. The fraction of sp³-hybridized carbons (Fsp3) is 0.364. The van der Waals surface area contributed by atoms with Crippen molar-refractivity contribution in [3.63, 3.8) is 0 Å². The average Bonchev–Trinajstić information content (AvgIpc) is 2.74. The summed E-state index contributed by atoms with van der Waals surface area (Å²) in [6.07, 6.45) is 1.48. The van der Waals surface area contributed by atoms with E-state index in [4.69, 9.17) is 4.74 Å². The van der Waals surface area contributed by atoms with Gasteiger partial charge in [-0.25, -0.2) is 4.79 Å². The monoisotopic (exact) mass is 397 g/mol. The molecule has 7 heteroatoms. The van der Waals surface area contributed by atoms with Gasteiger partial charge in [-0.1, -0.05) is 18.2 Å². The number of phenols is 1. The van der Waals surface area contributed by atoms with E-state index in [1.54, 1.807) is 30.2 Å². The lowest BCUT2D eigenvalue weighted by Gasteiger charge is -2.32. The Morgan fingerprint density at radius 2 is 1.97 bits per heavy atom. The van der Waals surface area contributed by atoms with E-state index in [2.05, 4.69) is 10.6 Å². The molecule has 0 saturated carbocycles. The molecule has 7 nitrogen and oxygen atoms in total. The van der Waals surface area contributed by atoms with Crippen LogP contribution in [0.4, 0.5) is 10.5 Å². The highest BCUT2D eigenvalue weighted by Crippen LogP contribution is 2.29. The molecular weight excluding hydrogens is 370 g/mol. The second-order valence-corrected chi connectivity index (χ2v) is 7.24. The van der Waals surface area contributed by atoms with Crippen molar-refractivity contribution in [1.29, 1.82) is 0 Å². The fourth-order valence-electron chi connectivity index (χ4n) is 3.52. The Bertz CT molecular complexity index is 856. The van der Waals surface area contributed by atoms with E-state index < -0.39 is 0 Å². The van der Waals surface area contributed by atoms with Crippen molar-refractivity contribution in [1.82, 2.24) is 10.2 Å². The highest BCUT2D eigenvalue weighted by molar-refractivity contribution is 5.90. The molecule has 0 aliphatic carbocycles. The molecule has 1 aliphatic rings. The first-order chi connectivity index (χ1) is 14.0. The number of benzene rings is 2. The number of carbonyl (C=O) groups is 2. The van der Waals surface area contributed by atoms with Crippen LogP contribution in [0.25, 0.3) is 0 Å². The molecule has 0 aromatic heterocycles. The number of piperidine rings is 1. The Balaban J connectivity index is 1.60. The Morgan fingerprint density at radius 1 is 1.21 bits per heavy atom. The normalized spacial score (nSPS) is 17.3. The number of likely N-dealkylation sites (tertiary alicyclic amines) is 1. The third-order valence-electron chi connectivity index (χ3n) is 5.16. The number of carbonyl (C=O) groups excluding carboxylic acids is 2. The third-order valence-corrected chi connectivity index (χ3v) is 5.16. The van der Waals surface area contributed by atoms with Crippen LogP contribution in [0.15, 0.2) is 48.5 Å². The van der Waals surface area contributed by atoms with Gasteiger partial charge in [-0.15, -0.1) is 0 Å². The van der Waals surface area contributed by atoms with Crippen LogP contribution in [0, 0.1) is 5.92 Å². The van der Waals surface area contributed by atoms with Crippen molar-refractivity contribution >= 4 is 17.6 Å². The molecule has 3 rings (SSSR count). The van der Waals surface area contributed by atoms with E-state index in [1.165, 1.54) is 0 Å². The number of urea groups is 1. The molecule has 0 unspecified atom stereocenters. The lowest BCUT2D eigenvalue weighted by atomic mass is 9.96. The van der Waals surface area contributed by atoms with E-state index >= 15 is 0 Å². The van der Waals surface area contributed by atoms with Crippen LogP contribution in [0.3, 0.4) is 0 Å². The summed E-state index contributed by atoms with van der Waals surface area (Å²) in [7, 11) is 1.55. The molecule has 0 bridgehead atoms. The number of hydrogen-bond acceptors (Lipinski definition) is 4. The quantitative estimate of drug-likeness (QED) is 0.720. The third kappa shape index (κ3) is 5.19. The molecule has 0 radical (unpaired) electrons. The van der Waals surface area contributed by atoms with Crippen molar-refractivity contribution in [2.75, 3.05) is 25.5 Å². The van der Waals surface area contributed by atoms with Crippen LogP contribution in [0.5, 0.6) is 11.5 Å². The highest BCUT2D eigenvalue weighted by atomic mass is 16.5. The van der Waals surface area contributed by atoms with Crippen molar-refractivity contribution in [3.8, 4) is 11.5 Å². The summed E-state index contributed by atoms with van der Waals surface area (Å²) < 4.78 is 5.20. The van der Waals surface area contributed by atoms with Crippen molar-refractivity contribution in [2.45, 2.75) is 25.8 Å². The number of para-hydroxylation sites is 1. The second kappa shape index (κ2) is 9.32. The SMILES string of the molecule is COc1ccc(O)c([C@@H](C)NC(=O)[C@@H]2CCCN(C(=O)Nc3ccccc3)C2)c1. The van der Waals surface area contributed by atoms with Gasteiger partial charge in [0.15, 0.2) is 0 Å². The molecule has 0 spiro atoms. The summed E-state index contributed by atoms with van der Waals surface area (Å²) in [5.74, 6) is 0.295. The van der Waals surface area contributed by atoms with Gasteiger partial charge in [0.25, 0.3) is 0 Å². The molecule has 3 N–H and O–H groups in total. The van der Waals surface area contributed by atoms with E-state index in [0.29, 0.717) is 24.4 Å². The van der Waals surface area contributed by atoms with Crippen LogP contribution in [-0.4, -0.2) is 42.1 Å². The maximum Gasteiger partial charge on any atom is 0.321 e. The fourth-order valence-corrected chi connectivity index (χ4v) is 3.52. The number of anilines is 1. The van der Waals surface area contributed by atoms with E-state index in [1.807, 2.05) is 37.3 Å². The second-order valence-electron chi connectivity index (χ2n) is 7.24. The number of aromatic hydroxyl groups is 1. The van der Waals surface area contributed by atoms with Gasteiger partial charge in [0.2, 0.25) is 5.91 Å². The largest absolute Gasteiger partial charge is 0.508 e. The minimum atomic E-state index is -0.383. The number of amides is 3. The lowest BCUT2D eigenvalue weighted by molar-refractivity contribution is -0.126. The smallest absolute Gasteiger partial charge is 0.321 e. The molecule has 1 fully saturated rings. The summed E-state index contributed by atoms with van der Waals surface area (Å²) in [5, 5.41) is 15.9. The number of hydrogen-bond donors (Lipinski definition) is 3. The molecule has 1 aliphatic heterocycles. The zero-order valence-corrected chi connectivity index (χ0v) is 16.7. The summed E-state index contributed by atoms with van der Waals surface area (Å²) in [6, 6.07) is 13.6. The number of rotatable bonds is 5. The topological polar surface area (TPSA) is 90.9 Å². The van der Waals surface area contributed by atoms with E-state index in [9.17, 15) is 14.7 Å². The average molecular weight is 397 g/mol. The molecule has 29 heavy (non-hydrogen) atoms. The highest BCUT2D eigenvalue weighted by Gasteiger charge is 2.29. The standard InChI is InChI=1S/C22H27N3O4/c1-15(19-13-18(29-2)10-11-20(19)26)23-21(27)16-7-6-12-25(14-16)22(28)24-17-8-4-3-5-9-17/h3-5,8-11,13,15-16,26H,6-7,12,14H2,1-2H3,(H,23,27)(H,24,28)/t15-,16-/m1/s1. The lowest BCUT2D eigenvalue weighted by Crippen LogP contribution is -2.47. The Kier molecular flexibility index (Phi) is 6.59. The van der Waals surface area contributed by atoms with Crippen LogP contribution in [0.2, 0.25) is 0 Å². The van der Waals surface area contributed by atoms with E-state index in [0.717, 1.165) is 18.5 Å². The summed E-state index contributed by atoms with van der Waals surface area (Å²) in [5.41, 5.74) is 1.32. The molecule has 1 heterocycles. The van der Waals surface area contributed by atoms with Crippen LogP contribution >= 0.6 is 0 Å². The zero-order chi connectivity index (χ0) is 20.8. The Labute approximate surface area is 170 Å². The van der Waals surface area contributed by atoms with Crippen molar-refractivity contribution in [3.05, 3.63) is 54.1 Å². The first kappa shape index (κ1) is 20.5. The van der Waals surface area contributed by atoms with Gasteiger partial charge in [-0.3, -0.25) is 4.79 Å². The molecule has 3 amide bonds. The maximum atomic E-state index is 12.8. The van der Waals surface area contributed by atoms with Gasteiger partial charge >= 0.3 is 6.03 Å². The molecule has 2 aromatic carbocycles. The number of ether oxygens (including phenoxy) is 1. The van der Waals surface area contributed by atoms with Crippen molar-refractivity contribution in [2.24, 2.45) is 5.92 Å². The Hall–Kier alpha value is -3.22. The summed E-state index contributed by atoms with van der Waals surface area (Å²) in [4.78, 5) is 27.0. The zero-order valence-electron chi connectivity index (χ0n) is 16.7. The predicted octanol–water partition coefficient (Wildman–Crippen LogP) is 3.52. The first-order valence-corrected chi connectivity index (χ1v) is 9.76. The minimum absolute atomic E-state index is 0.103. The number of methoxy groups -OCH3 is 1. The molecule has 154 valence electrons. The van der Waals surface area contributed by atoms with Gasteiger partial charge < -0.3 is 25.4 Å². The van der Waals surface area contributed by atoms with Crippen LogP contribution in [0.1, 0.15) is 31.4 Å². The maximum absolute atomic E-state index is 12.8. The van der Waals surface area contributed by atoms with Gasteiger partial charge in [-0.05, 0) is 50.1 Å². The minimum Gasteiger partial charge on any atom is -0.508 e. The van der Waals surface area contributed by atoms with Crippen LogP contribution < -0.4 is 15.4 Å². The molecule has 2 atom stereocenters. The van der Waals surface area contributed by atoms with Gasteiger partial charge in [0.1, 0.15) is 11.5 Å². The Morgan fingerprint density at radius 3 is 2.69 bits per heavy atom. The number of phenolic OH excluding ortho intramolecular Hbond substituents is 1. The number of nitrogens with one attached hydrogen (secondary N) is 2. The molecular formula is C22H27N3O4. The van der Waals surface area contributed by atoms with Gasteiger partial charge in [0.05, 0.1) is 19.1 Å². The molecule has 1 saturated heterocycles. The van der Waals surface area contributed by atoms with Gasteiger partial charge in [0, 0.05) is 24.3 Å². The van der Waals surface area contributed by atoms with Gasteiger partial charge in [-0.2, -0.15) is 0 Å². The van der Waals surface area contributed by atoms with E-state index in [-0.39, 0.29) is 29.6 Å². The number of nitrogens with zero attached hydrogens (tertiary/aromatic N) is 1. The summed E-state index contributed by atoms with van der Waals surface area (Å²) in [6.45, 7) is 2.80. The first-order valence-electron chi connectivity index (χ1n) is 9.76. The van der Waals surface area contributed by atoms with Crippen molar-refractivity contribution < 1.29 is 19.4 Å².